The van der Waals surface area contributed by atoms with Crippen molar-refractivity contribution in [2.75, 3.05) is 0 Å². The Balaban J connectivity index is 2.13. The number of carboxylic acids is 1. The van der Waals surface area contributed by atoms with Crippen LogP contribution in [0.4, 0.5) is 0 Å². The van der Waals surface area contributed by atoms with Crippen molar-refractivity contribution in [3.05, 3.63) is 46.5 Å². The Labute approximate surface area is 112 Å². The molecule has 0 spiro atoms. The van der Waals surface area contributed by atoms with E-state index in [4.69, 9.17) is 9.84 Å². The molecular weight excluding hydrogens is 300 g/mol. The molecule has 0 saturated carbocycles. The number of hydrogen-bond acceptors (Lipinski definition) is 3. The molecule has 1 aromatic heterocycles. The minimum absolute atomic E-state index is 0.178. The molecule has 2 rings (SSSR count). The predicted octanol–water partition coefficient (Wildman–Crippen LogP) is 2.46. The van der Waals surface area contributed by atoms with E-state index in [9.17, 15) is 4.79 Å². The lowest BCUT2D eigenvalue weighted by atomic mass is 10.2. The van der Waals surface area contributed by atoms with Gasteiger partial charge in [0.1, 0.15) is 12.4 Å². The molecule has 94 valence electrons. The van der Waals surface area contributed by atoms with Gasteiger partial charge in [0, 0.05) is 11.5 Å². The maximum atomic E-state index is 11.0. The highest BCUT2D eigenvalue weighted by molar-refractivity contribution is 9.10. The highest BCUT2D eigenvalue weighted by atomic mass is 79.9. The number of halogens is 1. The third-order valence-corrected chi connectivity index (χ3v) is 3.16. The van der Waals surface area contributed by atoms with E-state index in [0.29, 0.717) is 16.8 Å². The van der Waals surface area contributed by atoms with E-state index in [1.54, 1.807) is 24.7 Å². The number of carboxylic acid groups (broad SMARTS) is 1. The highest BCUT2D eigenvalue weighted by Crippen LogP contribution is 2.23. The third kappa shape index (κ3) is 2.70. The average Bonchev–Trinajstić information content (AvgIpc) is 2.73. The number of nitrogens with zero attached hydrogens (tertiary/aromatic N) is 2. The molecule has 0 bridgehead atoms. The van der Waals surface area contributed by atoms with Gasteiger partial charge in [-0.1, -0.05) is 0 Å². The molecule has 1 aromatic carbocycles. The number of imidazole rings is 1. The van der Waals surface area contributed by atoms with Crippen molar-refractivity contribution in [3.8, 4) is 5.75 Å². The smallest absolute Gasteiger partial charge is 0.336 e. The van der Waals surface area contributed by atoms with Crippen LogP contribution in [0.5, 0.6) is 5.75 Å². The van der Waals surface area contributed by atoms with Crippen molar-refractivity contribution in [2.24, 2.45) is 7.05 Å². The van der Waals surface area contributed by atoms with Gasteiger partial charge in [-0.15, -0.1) is 0 Å². The normalized spacial score (nSPS) is 10.3. The van der Waals surface area contributed by atoms with Crippen molar-refractivity contribution in [1.82, 2.24) is 9.55 Å². The minimum Gasteiger partial charge on any atom is -0.487 e. The highest BCUT2D eigenvalue weighted by Gasteiger charge is 2.10. The zero-order chi connectivity index (χ0) is 13.1. The van der Waals surface area contributed by atoms with Gasteiger partial charge in [0.05, 0.1) is 23.8 Å². The van der Waals surface area contributed by atoms with Crippen LogP contribution in [0.1, 0.15) is 16.1 Å². The van der Waals surface area contributed by atoms with E-state index in [0.717, 1.165) is 5.69 Å². The van der Waals surface area contributed by atoms with E-state index in [1.165, 1.54) is 6.07 Å². The molecule has 5 nitrogen and oxygen atoms in total. The van der Waals surface area contributed by atoms with Crippen LogP contribution in [0.2, 0.25) is 0 Å². The Morgan fingerprint density at radius 2 is 2.33 bits per heavy atom. The molecule has 0 saturated heterocycles. The summed E-state index contributed by atoms with van der Waals surface area (Å²) in [5, 5.41) is 8.99. The largest absolute Gasteiger partial charge is 0.487 e. The van der Waals surface area contributed by atoms with Crippen LogP contribution >= 0.6 is 15.9 Å². The summed E-state index contributed by atoms with van der Waals surface area (Å²) in [4.78, 5) is 14.9. The SMILES string of the molecule is Cn1cncc1COc1ccc(Br)c(C(=O)O)c1. The van der Waals surface area contributed by atoms with Gasteiger partial charge in [-0.05, 0) is 34.1 Å². The fraction of sp³-hybridized carbons (Fsp3) is 0.167. The molecule has 2 aromatic rings. The first-order chi connectivity index (χ1) is 8.58. The fourth-order valence-corrected chi connectivity index (χ4v) is 1.86. The Kier molecular flexibility index (Phi) is 3.66. The van der Waals surface area contributed by atoms with Gasteiger partial charge < -0.3 is 14.4 Å². The Morgan fingerprint density at radius 3 is 2.94 bits per heavy atom. The van der Waals surface area contributed by atoms with E-state index in [2.05, 4.69) is 20.9 Å². The van der Waals surface area contributed by atoms with E-state index < -0.39 is 5.97 Å². The van der Waals surface area contributed by atoms with Crippen molar-refractivity contribution in [1.29, 1.82) is 0 Å². The number of aromatic carboxylic acids is 1. The number of hydrogen-bond donors (Lipinski definition) is 1. The number of aryl methyl sites for hydroxylation is 1. The lowest BCUT2D eigenvalue weighted by molar-refractivity contribution is 0.0695. The maximum absolute atomic E-state index is 11.0. The van der Waals surface area contributed by atoms with Crippen LogP contribution in [0.25, 0.3) is 0 Å². The molecule has 0 fully saturated rings. The number of ether oxygens (including phenoxy) is 1. The molecule has 0 aliphatic rings. The first kappa shape index (κ1) is 12.6. The number of benzene rings is 1. The second kappa shape index (κ2) is 5.22. The minimum atomic E-state index is -0.993. The predicted molar refractivity (Wildman–Crippen MR) is 68.6 cm³/mol. The van der Waals surface area contributed by atoms with Crippen LogP contribution < -0.4 is 4.74 Å². The van der Waals surface area contributed by atoms with Crippen LogP contribution in [0.3, 0.4) is 0 Å². The molecule has 18 heavy (non-hydrogen) atoms. The van der Waals surface area contributed by atoms with Crippen molar-refractivity contribution < 1.29 is 14.6 Å². The molecule has 1 heterocycles. The second-order valence-corrected chi connectivity index (χ2v) is 4.59. The standard InChI is InChI=1S/C12H11BrN2O3/c1-15-7-14-5-8(15)6-18-9-2-3-11(13)10(4-9)12(16)17/h2-5,7H,6H2,1H3,(H,16,17). The summed E-state index contributed by atoms with van der Waals surface area (Å²) in [6.45, 7) is 0.344. The zero-order valence-electron chi connectivity index (χ0n) is 9.63. The molecule has 0 aliphatic carbocycles. The van der Waals surface area contributed by atoms with Crippen LogP contribution in [0, 0.1) is 0 Å². The van der Waals surface area contributed by atoms with Crippen LogP contribution in [-0.4, -0.2) is 20.6 Å². The molecule has 0 amide bonds. The van der Waals surface area contributed by atoms with Gasteiger partial charge in [0.25, 0.3) is 0 Å². The molecule has 0 atom stereocenters. The first-order valence-electron chi connectivity index (χ1n) is 5.19. The molecule has 0 radical (unpaired) electrons. The van der Waals surface area contributed by atoms with Crippen molar-refractivity contribution in [2.45, 2.75) is 6.61 Å². The Hall–Kier alpha value is -1.82. The molecular formula is C12H11BrN2O3. The Morgan fingerprint density at radius 1 is 1.56 bits per heavy atom. The van der Waals surface area contributed by atoms with Gasteiger partial charge in [-0.3, -0.25) is 0 Å². The summed E-state index contributed by atoms with van der Waals surface area (Å²) in [7, 11) is 1.87. The summed E-state index contributed by atoms with van der Waals surface area (Å²) in [5.74, 6) is -0.482. The summed E-state index contributed by atoms with van der Waals surface area (Å²) >= 11 is 3.18. The summed E-state index contributed by atoms with van der Waals surface area (Å²) in [5.41, 5.74) is 1.09. The lowest BCUT2D eigenvalue weighted by Gasteiger charge is -2.08. The summed E-state index contributed by atoms with van der Waals surface area (Å²) in [6.07, 6.45) is 3.39. The summed E-state index contributed by atoms with van der Waals surface area (Å²) < 4.78 is 7.91. The average molecular weight is 311 g/mol. The fourth-order valence-electron chi connectivity index (χ4n) is 1.44. The van der Waals surface area contributed by atoms with Crippen LogP contribution in [0.15, 0.2) is 35.2 Å². The van der Waals surface area contributed by atoms with Gasteiger partial charge in [0.2, 0.25) is 0 Å². The molecule has 0 aliphatic heterocycles. The van der Waals surface area contributed by atoms with Crippen molar-refractivity contribution >= 4 is 21.9 Å². The van der Waals surface area contributed by atoms with E-state index >= 15 is 0 Å². The lowest BCUT2D eigenvalue weighted by Crippen LogP contribution is -2.03. The molecule has 1 N–H and O–H groups in total. The van der Waals surface area contributed by atoms with E-state index in [1.807, 2.05) is 11.6 Å². The molecule has 0 unspecified atom stereocenters. The van der Waals surface area contributed by atoms with Gasteiger partial charge in [-0.2, -0.15) is 0 Å². The van der Waals surface area contributed by atoms with Gasteiger partial charge in [0.15, 0.2) is 0 Å². The monoisotopic (exact) mass is 310 g/mol. The van der Waals surface area contributed by atoms with Crippen molar-refractivity contribution in [3.63, 3.8) is 0 Å². The maximum Gasteiger partial charge on any atom is 0.336 e. The molecule has 6 heteroatoms. The van der Waals surface area contributed by atoms with Gasteiger partial charge in [-0.25, -0.2) is 9.78 Å². The van der Waals surface area contributed by atoms with Gasteiger partial charge >= 0.3 is 5.97 Å². The Bertz CT molecular complexity index is 580. The number of aromatic nitrogens is 2. The first-order valence-corrected chi connectivity index (χ1v) is 5.98. The third-order valence-electron chi connectivity index (χ3n) is 2.47. The zero-order valence-corrected chi connectivity index (χ0v) is 11.2. The van der Waals surface area contributed by atoms with E-state index in [-0.39, 0.29) is 5.56 Å². The summed E-state index contributed by atoms with van der Waals surface area (Å²) in [6, 6.07) is 4.86. The number of rotatable bonds is 4. The second-order valence-electron chi connectivity index (χ2n) is 3.73. The topological polar surface area (TPSA) is 64.4 Å². The number of carbonyl (C=O) groups is 1. The van der Waals surface area contributed by atoms with Crippen LogP contribution in [-0.2, 0) is 13.7 Å². The quantitative estimate of drug-likeness (QED) is 0.942.